The molecule has 0 aromatic heterocycles. The smallest absolute Gasteiger partial charge is 0.253 e. The molecule has 2 N–H and O–H groups in total. The lowest BCUT2D eigenvalue weighted by Gasteiger charge is -2.20. The molecule has 1 aromatic rings. The highest BCUT2D eigenvalue weighted by Crippen LogP contribution is 2.29. The minimum absolute atomic E-state index is 0.0515. The Morgan fingerprint density at radius 3 is 2.90 bits per heavy atom. The minimum Gasteiger partial charge on any atom is -0.385 e. The first-order valence-corrected chi connectivity index (χ1v) is 8.62. The monoisotopic (exact) mass is 292 g/mol. The molecule has 0 heterocycles. The van der Waals surface area contributed by atoms with E-state index in [1.54, 1.807) is 0 Å². The molecule has 4 heteroatoms. The van der Waals surface area contributed by atoms with E-state index in [4.69, 9.17) is 0 Å². The van der Waals surface area contributed by atoms with E-state index in [0.29, 0.717) is 11.3 Å². The standard InChI is InChI=1S/C16H24N2OS/c1-4-17-13-9-8-11(2)10-12(13)16(19)18-14-6-5-7-15(14)20-3/h8-10,14-15,17H,4-7H2,1-3H3,(H,18,19). The van der Waals surface area contributed by atoms with Gasteiger partial charge >= 0.3 is 0 Å². The molecule has 20 heavy (non-hydrogen) atoms. The van der Waals surface area contributed by atoms with Crippen molar-refractivity contribution in [2.24, 2.45) is 0 Å². The number of carbonyl (C=O) groups is 1. The molecule has 0 bridgehead atoms. The Morgan fingerprint density at radius 1 is 1.40 bits per heavy atom. The maximum absolute atomic E-state index is 12.5. The van der Waals surface area contributed by atoms with E-state index in [1.807, 2.05) is 43.8 Å². The van der Waals surface area contributed by atoms with Crippen LogP contribution in [0, 0.1) is 6.92 Å². The van der Waals surface area contributed by atoms with Crippen molar-refractivity contribution in [3.63, 3.8) is 0 Å². The Balaban J connectivity index is 2.13. The average Bonchev–Trinajstić information content (AvgIpc) is 2.88. The molecule has 110 valence electrons. The minimum atomic E-state index is 0.0515. The van der Waals surface area contributed by atoms with Gasteiger partial charge in [0.1, 0.15) is 0 Å². The van der Waals surface area contributed by atoms with E-state index < -0.39 is 0 Å². The van der Waals surface area contributed by atoms with Crippen LogP contribution in [0.4, 0.5) is 5.69 Å². The van der Waals surface area contributed by atoms with Gasteiger partial charge in [0.05, 0.1) is 5.56 Å². The molecule has 1 aliphatic rings. The summed E-state index contributed by atoms with van der Waals surface area (Å²) in [4.78, 5) is 12.5. The first kappa shape index (κ1) is 15.2. The van der Waals surface area contributed by atoms with E-state index >= 15 is 0 Å². The van der Waals surface area contributed by atoms with Crippen LogP contribution in [-0.2, 0) is 0 Å². The van der Waals surface area contributed by atoms with Gasteiger partial charge in [0.2, 0.25) is 0 Å². The SMILES string of the molecule is CCNc1ccc(C)cc1C(=O)NC1CCCC1SC. The maximum Gasteiger partial charge on any atom is 0.253 e. The van der Waals surface area contributed by atoms with Crippen LogP contribution >= 0.6 is 11.8 Å². The summed E-state index contributed by atoms with van der Waals surface area (Å²) in [5.74, 6) is 0.0515. The van der Waals surface area contributed by atoms with Crippen molar-refractivity contribution >= 4 is 23.4 Å². The third-order valence-electron chi connectivity index (χ3n) is 3.86. The Kier molecular flexibility index (Phi) is 5.35. The van der Waals surface area contributed by atoms with Gasteiger partial charge in [-0.3, -0.25) is 4.79 Å². The molecule has 0 saturated heterocycles. The first-order valence-electron chi connectivity index (χ1n) is 7.34. The summed E-state index contributed by atoms with van der Waals surface area (Å²) in [7, 11) is 0. The van der Waals surface area contributed by atoms with E-state index in [1.165, 1.54) is 12.8 Å². The largest absolute Gasteiger partial charge is 0.385 e. The second kappa shape index (κ2) is 7.02. The molecule has 0 spiro atoms. The molecule has 2 unspecified atom stereocenters. The summed E-state index contributed by atoms with van der Waals surface area (Å²) in [5.41, 5.74) is 2.80. The highest BCUT2D eigenvalue weighted by molar-refractivity contribution is 7.99. The fraction of sp³-hybridized carbons (Fsp3) is 0.562. The summed E-state index contributed by atoms with van der Waals surface area (Å²) in [5, 5.41) is 7.05. The predicted molar refractivity (Wildman–Crippen MR) is 87.8 cm³/mol. The fourth-order valence-corrected chi connectivity index (χ4v) is 3.74. The zero-order valence-corrected chi connectivity index (χ0v) is 13.3. The molecule has 3 nitrogen and oxygen atoms in total. The van der Waals surface area contributed by atoms with Crippen molar-refractivity contribution < 1.29 is 4.79 Å². The first-order chi connectivity index (χ1) is 9.65. The number of nitrogens with one attached hydrogen (secondary N) is 2. The normalized spacial score (nSPS) is 21.8. The fourth-order valence-electron chi connectivity index (χ4n) is 2.81. The number of benzene rings is 1. The van der Waals surface area contributed by atoms with E-state index in [0.717, 1.165) is 29.8 Å². The maximum atomic E-state index is 12.5. The Morgan fingerprint density at radius 2 is 2.20 bits per heavy atom. The van der Waals surface area contributed by atoms with E-state index in [9.17, 15) is 4.79 Å². The summed E-state index contributed by atoms with van der Waals surface area (Å²) in [6.45, 7) is 4.88. The number of anilines is 1. The van der Waals surface area contributed by atoms with Crippen molar-refractivity contribution in [3.8, 4) is 0 Å². The molecule has 1 aliphatic carbocycles. The van der Waals surface area contributed by atoms with Crippen LogP contribution in [0.2, 0.25) is 0 Å². The lowest BCUT2D eigenvalue weighted by Crippen LogP contribution is -2.38. The van der Waals surface area contributed by atoms with Crippen LogP contribution in [-0.4, -0.2) is 30.0 Å². The summed E-state index contributed by atoms with van der Waals surface area (Å²) in [6, 6.07) is 6.31. The van der Waals surface area contributed by atoms with Crippen LogP contribution in [0.3, 0.4) is 0 Å². The quantitative estimate of drug-likeness (QED) is 0.873. The zero-order valence-electron chi connectivity index (χ0n) is 12.5. The van der Waals surface area contributed by atoms with Crippen LogP contribution in [0.5, 0.6) is 0 Å². The molecule has 2 atom stereocenters. The molecule has 1 fully saturated rings. The number of rotatable bonds is 5. The van der Waals surface area contributed by atoms with Crippen LogP contribution < -0.4 is 10.6 Å². The number of thioether (sulfide) groups is 1. The Labute approximate surface area is 125 Å². The summed E-state index contributed by atoms with van der Waals surface area (Å²) < 4.78 is 0. The number of carbonyl (C=O) groups excluding carboxylic acids is 1. The molecule has 1 amide bonds. The average molecular weight is 292 g/mol. The molecule has 0 radical (unpaired) electrons. The highest BCUT2D eigenvalue weighted by atomic mass is 32.2. The number of hydrogen-bond donors (Lipinski definition) is 2. The third-order valence-corrected chi connectivity index (χ3v) is 5.03. The summed E-state index contributed by atoms with van der Waals surface area (Å²) >= 11 is 1.86. The van der Waals surface area contributed by atoms with Crippen molar-refractivity contribution in [3.05, 3.63) is 29.3 Å². The van der Waals surface area contributed by atoms with Gasteiger partial charge in [0.25, 0.3) is 5.91 Å². The predicted octanol–water partition coefficient (Wildman–Crippen LogP) is 3.44. The second-order valence-electron chi connectivity index (χ2n) is 5.36. The zero-order chi connectivity index (χ0) is 14.5. The van der Waals surface area contributed by atoms with Crippen LogP contribution in [0.15, 0.2) is 18.2 Å². The van der Waals surface area contributed by atoms with Gasteiger partial charge in [0, 0.05) is 23.5 Å². The molecule has 2 rings (SSSR count). The van der Waals surface area contributed by atoms with Crippen molar-refractivity contribution in [1.82, 2.24) is 5.32 Å². The molecule has 0 aliphatic heterocycles. The second-order valence-corrected chi connectivity index (χ2v) is 6.44. The van der Waals surface area contributed by atoms with Gasteiger partial charge in [-0.1, -0.05) is 18.1 Å². The number of hydrogen-bond acceptors (Lipinski definition) is 3. The van der Waals surface area contributed by atoms with Crippen LogP contribution in [0.25, 0.3) is 0 Å². The van der Waals surface area contributed by atoms with Crippen molar-refractivity contribution in [2.75, 3.05) is 18.1 Å². The van der Waals surface area contributed by atoms with Gasteiger partial charge in [-0.05, 0) is 45.1 Å². The highest BCUT2D eigenvalue weighted by Gasteiger charge is 2.28. The van der Waals surface area contributed by atoms with E-state index in [2.05, 4.69) is 16.9 Å². The summed E-state index contributed by atoms with van der Waals surface area (Å²) in [6.07, 6.45) is 5.65. The van der Waals surface area contributed by atoms with E-state index in [-0.39, 0.29) is 5.91 Å². The molecular weight excluding hydrogens is 268 g/mol. The van der Waals surface area contributed by atoms with Crippen molar-refractivity contribution in [1.29, 1.82) is 0 Å². The topological polar surface area (TPSA) is 41.1 Å². The lowest BCUT2D eigenvalue weighted by molar-refractivity contribution is 0.0939. The van der Waals surface area contributed by atoms with Gasteiger partial charge in [-0.15, -0.1) is 0 Å². The van der Waals surface area contributed by atoms with Crippen LogP contribution in [0.1, 0.15) is 42.1 Å². The number of aryl methyl sites for hydroxylation is 1. The van der Waals surface area contributed by atoms with Gasteiger partial charge < -0.3 is 10.6 Å². The molecule has 1 saturated carbocycles. The van der Waals surface area contributed by atoms with Crippen molar-refractivity contribution in [2.45, 2.75) is 44.4 Å². The van der Waals surface area contributed by atoms with Gasteiger partial charge in [0.15, 0.2) is 0 Å². The molecule has 1 aromatic carbocycles. The molecular formula is C16H24N2OS. The third kappa shape index (κ3) is 3.48. The lowest BCUT2D eigenvalue weighted by atomic mass is 10.1. The Bertz CT molecular complexity index is 476. The Hall–Kier alpha value is -1.16. The number of amides is 1. The van der Waals surface area contributed by atoms with Gasteiger partial charge in [-0.25, -0.2) is 0 Å². The van der Waals surface area contributed by atoms with Gasteiger partial charge in [-0.2, -0.15) is 11.8 Å².